The van der Waals surface area contributed by atoms with E-state index in [9.17, 15) is 13.2 Å². The van der Waals surface area contributed by atoms with Crippen LogP contribution in [0.25, 0.3) is 0 Å². The van der Waals surface area contributed by atoms with Gasteiger partial charge in [0.1, 0.15) is 12.4 Å². The van der Waals surface area contributed by atoms with Crippen molar-refractivity contribution in [3.63, 3.8) is 0 Å². The van der Waals surface area contributed by atoms with Gasteiger partial charge in [0.2, 0.25) is 0 Å². The number of halogens is 4. The molecular weight excluding hydrogens is 466 g/mol. The molecule has 1 heterocycles. The highest BCUT2D eigenvalue weighted by molar-refractivity contribution is 14.0. The first-order valence-corrected chi connectivity index (χ1v) is 8.19. The Morgan fingerprint density at radius 2 is 2.04 bits per heavy atom. The maximum absolute atomic E-state index is 12.6. The Bertz CT molecular complexity index is 663. The summed E-state index contributed by atoms with van der Waals surface area (Å²) in [6.07, 6.45) is -3.56. The van der Waals surface area contributed by atoms with Crippen LogP contribution in [-0.2, 0) is 12.6 Å². The van der Waals surface area contributed by atoms with Crippen LogP contribution in [0, 0.1) is 0 Å². The molecule has 0 atom stereocenters. The van der Waals surface area contributed by atoms with E-state index in [4.69, 9.17) is 10.5 Å². The van der Waals surface area contributed by atoms with Crippen LogP contribution in [0.4, 0.5) is 13.2 Å². The Kier molecular flexibility index (Phi) is 9.04. The second-order valence-electron chi connectivity index (χ2n) is 4.90. The van der Waals surface area contributed by atoms with Crippen LogP contribution < -0.4 is 15.8 Å². The van der Waals surface area contributed by atoms with E-state index in [1.165, 1.54) is 17.0 Å². The topological polar surface area (TPSA) is 59.6 Å². The quantitative estimate of drug-likeness (QED) is 0.271. The van der Waals surface area contributed by atoms with Crippen molar-refractivity contribution < 1.29 is 17.9 Å². The largest absolute Gasteiger partial charge is 0.492 e. The van der Waals surface area contributed by atoms with Gasteiger partial charge in [0, 0.05) is 17.8 Å². The first kappa shape index (κ1) is 21.6. The Labute approximate surface area is 165 Å². The van der Waals surface area contributed by atoms with Gasteiger partial charge in [-0.15, -0.1) is 35.3 Å². The lowest BCUT2D eigenvalue weighted by atomic mass is 10.2. The highest BCUT2D eigenvalue weighted by Crippen LogP contribution is 2.31. The molecule has 0 radical (unpaired) electrons. The number of ether oxygens (including phenoxy) is 1. The minimum absolute atomic E-state index is 0. The fourth-order valence-electron chi connectivity index (χ4n) is 1.91. The lowest BCUT2D eigenvalue weighted by Crippen LogP contribution is -2.35. The molecule has 0 unspecified atom stereocenters. The number of aliphatic imine (C=N–C) groups is 1. The van der Waals surface area contributed by atoms with E-state index in [0.29, 0.717) is 19.0 Å². The van der Waals surface area contributed by atoms with Crippen LogP contribution >= 0.6 is 35.3 Å². The number of nitrogens with one attached hydrogen (secondary N) is 1. The van der Waals surface area contributed by atoms with Crippen LogP contribution in [0.1, 0.15) is 10.4 Å². The predicted octanol–water partition coefficient (Wildman–Crippen LogP) is 3.91. The minimum Gasteiger partial charge on any atom is -0.492 e. The van der Waals surface area contributed by atoms with Crippen LogP contribution in [0.2, 0.25) is 0 Å². The van der Waals surface area contributed by atoms with Gasteiger partial charge in [-0.2, -0.15) is 13.2 Å². The molecule has 1 aromatic heterocycles. The van der Waals surface area contributed by atoms with Crippen molar-refractivity contribution in [2.45, 2.75) is 12.6 Å². The Morgan fingerprint density at radius 1 is 1.24 bits per heavy atom. The third-order valence-corrected chi connectivity index (χ3v) is 3.99. The summed E-state index contributed by atoms with van der Waals surface area (Å²) in [4.78, 5) is 5.41. The summed E-state index contributed by atoms with van der Waals surface area (Å²) in [5.74, 6) is 0.457. The third kappa shape index (κ3) is 7.95. The van der Waals surface area contributed by atoms with Gasteiger partial charge >= 0.3 is 6.18 Å². The molecule has 9 heteroatoms. The molecule has 1 aromatic carbocycles. The van der Waals surface area contributed by atoms with Gasteiger partial charge in [0.05, 0.1) is 12.1 Å². The van der Waals surface area contributed by atoms with E-state index in [0.717, 1.165) is 18.6 Å². The van der Waals surface area contributed by atoms with E-state index in [-0.39, 0.29) is 36.3 Å². The smallest absolute Gasteiger partial charge is 0.416 e. The molecule has 0 aliphatic carbocycles. The number of guanidine groups is 1. The molecule has 138 valence electrons. The van der Waals surface area contributed by atoms with Crippen molar-refractivity contribution in [1.82, 2.24) is 5.32 Å². The zero-order chi connectivity index (χ0) is 17.4. The number of hydrogen-bond donors (Lipinski definition) is 2. The average Bonchev–Trinajstić information content (AvgIpc) is 3.04. The molecule has 3 N–H and O–H groups in total. The molecule has 25 heavy (non-hydrogen) atoms. The monoisotopic (exact) mass is 485 g/mol. The molecule has 2 rings (SSSR count). The lowest BCUT2D eigenvalue weighted by molar-refractivity contribution is -0.137. The summed E-state index contributed by atoms with van der Waals surface area (Å²) >= 11 is 1.67. The molecule has 0 spiro atoms. The summed E-state index contributed by atoms with van der Waals surface area (Å²) in [5, 5.41) is 4.87. The van der Waals surface area contributed by atoms with Crippen molar-refractivity contribution in [2.24, 2.45) is 10.7 Å². The van der Waals surface area contributed by atoms with Crippen molar-refractivity contribution in [1.29, 1.82) is 0 Å². The number of nitrogens with zero attached hydrogens (tertiary/aromatic N) is 1. The molecule has 2 aromatic rings. The number of alkyl halides is 3. The highest BCUT2D eigenvalue weighted by Gasteiger charge is 2.30. The maximum Gasteiger partial charge on any atom is 0.416 e. The van der Waals surface area contributed by atoms with Crippen LogP contribution in [0.5, 0.6) is 5.75 Å². The highest BCUT2D eigenvalue weighted by atomic mass is 127. The normalized spacial score (nSPS) is 11.7. The van der Waals surface area contributed by atoms with Crippen molar-refractivity contribution >= 4 is 41.3 Å². The van der Waals surface area contributed by atoms with Crippen LogP contribution in [-0.4, -0.2) is 25.7 Å². The Morgan fingerprint density at radius 3 is 2.72 bits per heavy atom. The first-order valence-electron chi connectivity index (χ1n) is 7.31. The average molecular weight is 485 g/mol. The van der Waals surface area contributed by atoms with Crippen molar-refractivity contribution in [3.05, 3.63) is 52.2 Å². The van der Waals surface area contributed by atoms with Crippen LogP contribution in [0.15, 0.2) is 46.8 Å². The summed E-state index contributed by atoms with van der Waals surface area (Å²) < 4.78 is 43.0. The summed E-state index contributed by atoms with van der Waals surface area (Å²) in [5.41, 5.74) is 4.98. The minimum atomic E-state index is -4.38. The van der Waals surface area contributed by atoms with Gasteiger partial charge < -0.3 is 15.8 Å². The van der Waals surface area contributed by atoms with Crippen LogP contribution in [0.3, 0.4) is 0 Å². The summed E-state index contributed by atoms with van der Waals surface area (Å²) in [7, 11) is 0. The van der Waals surface area contributed by atoms with Gasteiger partial charge in [0.15, 0.2) is 5.96 Å². The molecule has 0 aliphatic rings. The molecule has 0 aliphatic heterocycles. The Balaban J connectivity index is 0.00000312. The second-order valence-corrected chi connectivity index (χ2v) is 5.93. The molecule has 0 amide bonds. The standard InChI is InChI=1S/C16H18F3N3OS.HI/c17-16(18,19)12-3-1-4-13(11-12)23-9-8-22-15(20)21-7-6-14-5-2-10-24-14;/h1-5,10-11H,6-9H2,(H3,20,21,22);1H. The van der Waals surface area contributed by atoms with Gasteiger partial charge in [0.25, 0.3) is 0 Å². The summed E-state index contributed by atoms with van der Waals surface area (Å²) in [6.45, 7) is 1.11. The number of thiophene rings is 1. The zero-order valence-electron chi connectivity index (χ0n) is 13.3. The van der Waals surface area contributed by atoms with E-state index in [1.807, 2.05) is 17.5 Å². The van der Waals surface area contributed by atoms with E-state index >= 15 is 0 Å². The number of hydrogen-bond acceptors (Lipinski definition) is 3. The second kappa shape index (κ2) is 10.5. The summed E-state index contributed by atoms with van der Waals surface area (Å²) in [6, 6.07) is 8.78. The first-order chi connectivity index (χ1) is 11.4. The van der Waals surface area contributed by atoms with Gasteiger partial charge in [-0.05, 0) is 29.6 Å². The SMILES string of the molecule is I.NC(=NCCc1cccs1)NCCOc1cccc(C(F)(F)F)c1. The van der Waals surface area contributed by atoms with Gasteiger partial charge in [-0.25, -0.2) is 0 Å². The number of nitrogens with two attached hydrogens (primary N) is 1. The molecule has 0 saturated carbocycles. The number of benzene rings is 1. The van der Waals surface area contributed by atoms with Crippen molar-refractivity contribution in [3.8, 4) is 5.75 Å². The molecule has 0 saturated heterocycles. The van der Waals surface area contributed by atoms with E-state index < -0.39 is 11.7 Å². The maximum atomic E-state index is 12.6. The number of rotatable bonds is 7. The third-order valence-electron chi connectivity index (χ3n) is 3.06. The zero-order valence-corrected chi connectivity index (χ0v) is 16.4. The fourth-order valence-corrected chi connectivity index (χ4v) is 2.61. The molecule has 0 fully saturated rings. The lowest BCUT2D eigenvalue weighted by Gasteiger charge is -2.11. The van der Waals surface area contributed by atoms with E-state index in [1.54, 1.807) is 11.3 Å². The fraction of sp³-hybridized carbons (Fsp3) is 0.312. The van der Waals surface area contributed by atoms with E-state index in [2.05, 4.69) is 10.3 Å². The predicted molar refractivity (Wildman–Crippen MR) is 105 cm³/mol. The van der Waals surface area contributed by atoms with Crippen molar-refractivity contribution in [2.75, 3.05) is 19.7 Å². The Hall–Kier alpha value is -1.49. The van der Waals surface area contributed by atoms with Gasteiger partial charge in [-0.3, -0.25) is 4.99 Å². The molecular formula is C16H19F3IN3OS. The van der Waals surface area contributed by atoms with Gasteiger partial charge in [-0.1, -0.05) is 12.1 Å². The molecule has 4 nitrogen and oxygen atoms in total. The molecule has 0 bridgehead atoms.